The molecular weight excluding hydrogens is 499 g/mol. The monoisotopic (exact) mass is 514 g/mol. The van der Waals surface area contributed by atoms with Gasteiger partial charge in [-0.2, -0.15) is 5.10 Å². The quantitative estimate of drug-likeness (QED) is 0.228. The third-order valence-corrected chi connectivity index (χ3v) is 5.99. The van der Waals surface area contributed by atoms with Gasteiger partial charge in [-0.1, -0.05) is 65.1 Å². The van der Waals surface area contributed by atoms with Crippen LogP contribution >= 0.6 is 34.8 Å². The normalized spacial score (nSPS) is 10.8. The molecule has 0 bridgehead atoms. The maximum absolute atomic E-state index is 13.1. The second-order valence-electron chi connectivity index (χ2n) is 7.33. The molecule has 0 aliphatic carbocycles. The van der Waals surface area contributed by atoms with E-state index in [-0.39, 0.29) is 11.4 Å². The molecule has 4 aromatic rings. The topological polar surface area (TPSA) is 90.1 Å². The molecule has 3 aromatic carbocycles. The summed E-state index contributed by atoms with van der Waals surface area (Å²) in [7, 11) is 0. The summed E-state index contributed by atoms with van der Waals surface area (Å²) in [6, 6.07) is 19.8. The highest BCUT2D eigenvalue weighted by Gasteiger charge is 2.20. The first-order valence-electron chi connectivity index (χ1n) is 10.2. The third kappa shape index (κ3) is 5.22. The third-order valence-electron chi connectivity index (χ3n) is 5.07. The Morgan fingerprint density at radius 3 is 2.50 bits per heavy atom. The van der Waals surface area contributed by atoms with Crippen molar-refractivity contribution >= 4 is 46.4 Å². The number of rotatable bonds is 7. The molecule has 0 aliphatic rings. The highest BCUT2D eigenvalue weighted by molar-refractivity contribution is 6.35. The van der Waals surface area contributed by atoms with Gasteiger partial charge in [0.15, 0.2) is 0 Å². The van der Waals surface area contributed by atoms with E-state index in [1.54, 1.807) is 48.5 Å². The SMILES string of the molecule is O=C(NCCc1ccc(Cl)cc1Cl)c1cc(-c2ccccc2Cl)nn1-c1cccc([N+](=O)[O-])c1. The minimum absolute atomic E-state index is 0.115. The molecule has 1 aromatic heterocycles. The molecule has 0 saturated carbocycles. The van der Waals surface area contributed by atoms with Crippen LogP contribution in [0.15, 0.2) is 72.8 Å². The lowest BCUT2D eigenvalue weighted by Crippen LogP contribution is -2.28. The molecule has 0 unspecified atom stereocenters. The van der Waals surface area contributed by atoms with Gasteiger partial charge in [0.05, 0.1) is 21.3 Å². The summed E-state index contributed by atoms with van der Waals surface area (Å²) in [6.07, 6.45) is 0.490. The summed E-state index contributed by atoms with van der Waals surface area (Å²) < 4.78 is 1.37. The average molecular weight is 516 g/mol. The Kier molecular flexibility index (Phi) is 7.17. The fourth-order valence-electron chi connectivity index (χ4n) is 3.40. The van der Waals surface area contributed by atoms with Crippen LogP contribution in [0.25, 0.3) is 16.9 Å². The molecule has 0 fully saturated rings. The van der Waals surface area contributed by atoms with Gasteiger partial charge in [-0.25, -0.2) is 4.68 Å². The summed E-state index contributed by atoms with van der Waals surface area (Å²) in [6.45, 7) is 0.307. The van der Waals surface area contributed by atoms with Gasteiger partial charge in [0.25, 0.3) is 11.6 Å². The van der Waals surface area contributed by atoms with Crippen LogP contribution in [0.3, 0.4) is 0 Å². The van der Waals surface area contributed by atoms with Crippen LogP contribution in [0.5, 0.6) is 0 Å². The molecule has 0 radical (unpaired) electrons. The van der Waals surface area contributed by atoms with Crippen molar-refractivity contribution in [3.8, 4) is 16.9 Å². The van der Waals surface area contributed by atoms with Gasteiger partial charge in [0, 0.05) is 34.3 Å². The van der Waals surface area contributed by atoms with E-state index in [0.717, 1.165) is 5.56 Å². The Bertz CT molecular complexity index is 1390. The molecule has 0 atom stereocenters. The first kappa shape index (κ1) is 23.8. The van der Waals surface area contributed by atoms with Crippen molar-refractivity contribution in [2.75, 3.05) is 6.54 Å². The molecule has 34 heavy (non-hydrogen) atoms. The van der Waals surface area contributed by atoms with Gasteiger partial charge in [-0.3, -0.25) is 14.9 Å². The molecule has 7 nitrogen and oxygen atoms in total. The van der Waals surface area contributed by atoms with E-state index in [1.807, 2.05) is 6.07 Å². The fraction of sp³-hybridized carbons (Fsp3) is 0.0833. The van der Waals surface area contributed by atoms with Crippen LogP contribution in [-0.4, -0.2) is 27.2 Å². The Morgan fingerprint density at radius 2 is 1.76 bits per heavy atom. The smallest absolute Gasteiger partial charge is 0.271 e. The molecule has 0 saturated heterocycles. The van der Waals surface area contributed by atoms with E-state index < -0.39 is 10.8 Å². The molecule has 0 spiro atoms. The fourth-order valence-corrected chi connectivity index (χ4v) is 4.14. The summed E-state index contributed by atoms with van der Waals surface area (Å²) >= 11 is 18.5. The standard InChI is InChI=1S/C24H17Cl3N4O3/c25-16-9-8-15(21(27)12-16)10-11-28-24(32)23-14-22(19-6-1-2-7-20(19)26)29-30(23)17-4-3-5-18(13-17)31(33)34/h1-9,12-14H,10-11H2,(H,28,32). The summed E-state index contributed by atoms with van der Waals surface area (Å²) in [5.41, 5.74) is 2.40. The van der Waals surface area contributed by atoms with Crippen LogP contribution in [-0.2, 0) is 6.42 Å². The minimum Gasteiger partial charge on any atom is -0.350 e. The summed E-state index contributed by atoms with van der Waals surface area (Å²) in [5, 5.41) is 20.2. The number of nitrogens with zero attached hydrogens (tertiary/aromatic N) is 3. The number of hydrogen-bond acceptors (Lipinski definition) is 4. The second-order valence-corrected chi connectivity index (χ2v) is 8.58. The lowest BCUT2D eigenvalue weighted by atomic mass is 10.1. The molecule has 4 rings (SSSR count). The molecule has 10 heteroatoms. The van der Waals surface area contributed by atoms with Crippen molar-refractivity contribution in [1.29, 1.82) is 0 Å². The number of hydrogen-bond donors (Lipinski definition) is 1. The number of nitrogens with one attached hydrogen (secondary N) is 1. The van der Waals surface area contributed by atoms with Gasteiger partial charge in [-0.05, 0) is 42.3 Å². The lowest BCUT2D eigenvalue weighted by molar-refractivity contribution is -0.384. The Labute approximate surface area is 210 Å². The van der Waals surface area contributed by atoms with Crippen molar-refractivity contribution in [1.82, 2.24) is 15.1 Å². The summed E-state index contributed by atoms with van der Waals surface area (Å²) in [5.74, 6) is -0.401. The maximum atomic E-state index is 13.1. The number of carbonyl (C=O) groups excluding carboxylic acids is 1. The van der Waals surface area contributed by atoms with Crippen LogP contribution in [0.1, 0.15) is 16.1 Å². The Hall–Kier alpha value is -3.39. The number of non-ortho nitro benzene ring substituents is 1. The van der Waals surface area contributed by atoms with E-state index in [9.17, 15) is 14.9 Å². The van der Waals surface area contributed by atoms with E-state index in [1.165, 1.54) is 22.9 Å². The highest BCUT2D eigenvalue weighted by atomic mass is 35.5. The highest BCUT2D eigenvalue weighted by Crippen LogP contribution is 2.29. The van der Waals surface area contributed by atoms with Gasteiger partial charge >= 0.3 is 0 Å². The number of benzene rings is 3. The van der Waals surface area contributed by atoms with Gasteiger partial charge in [-0.15, -0.1) is 0 Å². The van der Waals surface area contributed by atoms with Gasteiger partial charge in [0.2, 0.25) is 0 Å². The van der Waals surface area contributed by atoms with E-state index in [0.29, 0.717) is 45.0 Å². The molecule has 172 valence electrons. The lowest BCUT2D eigenvalue weighted by Gasteiger charge is -2.09. The Morgan fingerprint density at radius 1 is 0.971 bits per heavy atom. The van der Waals surface area contributed by atoms with Crippen LogP contribution < -0.4 is 5.32 Å². The molecule has 1 heterocycles. The van der Waals surface area contributed by atoms with Crippen molar-refractivity contribution in [2.24, 2.45) is 0 Å². The Balaban J connectivity index is 1.65. The van der Waals surface area contributed by atoms with Gasteiger partial charge in [0.1, 0.15) is 5.69 Å². The largest absolute Gasteiger partial charge is 0.350 e. The predicted molar refractivity (Wildman–Crippen MR) is 133 cm³/mol. The zero-order valence-corrected chi connectivity index (χ0v) is 19.8. The predicted octanol–water partition coefficient (Wildman–Crippen LogP) is 6.38. The maximum Gasteiger partial charge on any atom is 0.271 e. The van der Waals surface area contributed by atoms with Crippen molar-refractivity contribution < 1.29 is 9.72 Å². The number of aromatic nitrogens is 2. The number of nitro groups is 1. The first-order valence-corrected chi connectivity index (χ1v) is 11.3. The van der Waals surface area contributed by atoms with E-state index in [4.69, 9.17) is 34.8 Å². The van der Waals surface area contributed by atoms with Crippen molar-refractivity contribution in [2.45, 2.75) is 6.42 Å². The zero-order chi connectivity index (χ0) is 24.2. The number of halogens is 3. The van der Waals surface area contributed by atoms with E-state index in [2.05, 4.69) is 10.4 Å². The zero-order valence-electron chi connectivity index (χ0n) is 17.5. The number of nitro benzene ring substituents is 1. The van der Waals surface area contributed by atoms with E-state index >= 15 is 0 Å². The molecule has 1 N–H and O–H groups in total. The van der Waals surface area contributed by atoms with Crippen LogP contribution in [0, 0.1) is 10.1 Å². The van der Waals surface area contributed by atoms with Crippen molar-refractivity contribution in [3.05, 3.63) is 109 Å². The van der Waals surface area contributed by atoms with Crippen LogP contribution in [0.2, 0.25) is 15.1 Å². The van der Waals surface area contributed by atoms with Crippen LogP contribution in [0.4, 0.5) is 5.69 Å². The second kappa shape index (κ2) is 10.3. The summed E-state index contributed by atoms with van der Waals surface area (Å²) in [4.78, 5) is 23.9. The molecular formula is C24H17Cl3N4O3. The van der Waals surface area contributed by atoms with Crippen molar-refractivity contribution in [3.63, 3.8) is 0 Å². The minimum atomic E-state index is -0.502. The average Bonchev–Trinajstić information content (AvgIpc) is 3.26. The number of carbonyl (C=O) groups is 1. The number of amides is 1. The van der Waals surface area contributed by atoms with Gasteiger partial charge < -0.3 is 5.32 Å². The molecule has 1 amide bonds. The molecule has 0 aliphatic heterocycles. The first-order chi connectivity index (χ1) is 16.3.